The Kier molecular flexibility index (Phi) is 4.67. The molecule has 0 spiro atoms. The number of nitrogens with zero attached hydrogens (tertiary/aromatic N) is 1. The van der Waals surface area contributed by atoms with Gasteiger partial charge in [0.15, 0.2) is 0 Å². The van der Waals surface area contributed by atoms with Crippen molar-refractivity contribution in [3.05, 3.63) is 64.4 Å². The predicted octanol–water partition coefficient (Wildman–Crippen LogP) is 4.85. The molecule has 0 amide bonds. The predicted molar refractivity (Wildman–Crippen MR) is 79.5 cm³/mol. The summed E-state index contributed by atoms with van der Waals surface area (Å²) in [7, 11) is 1.85. The molecule has 0 bridgehead atoms. The molecule has 19 heavy (non-hydrogen) atoms. The van der Waals surface area contributed by atoms with Crippen LogP contribution in [0.3, 0.4) is 0 Å². The second-order valence-corrected chi connectivity index (χ2v) is 5.07. The third kappa shape index (κ3) is 3.40. The maximum Gasteiger partial charge on any atom is 0.146 e. The topological polar surface area (TPSA) is 3.24 Å². The quantitative estimate of drug-likeness (QED) is 0.729. The van der Waals surface area contributed by atoms with Crippen LogP contribution in [0, 0.1) is 5.82 Å². The molecule has 1 nitrogen and oxygen atoms in total. The lowest BCUT2D eigenvalue weighted by molar-refractivity contribution is 0.620. The van der Waals surface area contributed by atoms with Gasteiger partial charge in [0.1, 0.15) is 5.82 Å². The van der Waals surface area contributed by atoms with Gasteiger partial charge in [-0.1, -0.05) is 35.9 Å². The van der Waals surface area contributed by atoms with E-state index in [-0.39, 0.29) is 11.7 Å². The van der Waals surface area contributed by atoms with E-state index in [1.165, 1.54) is 6.07 Å². The van der Waals surface area contributed by atoms with Crippen LogP contribution < -0.4 is 4.90 Å². The summed E-state index contributed by atoms with van der Waals surface area (Å²) in [5, 5.41) is 0.693. The Hall–Kier alpha value is -1.25. The van der Waals surface area contributed by atoms with Gasteiger partial charge in [-0.05, 0) is 29.3 Å². The molecule has 0 N–H and O–H groups in total. The van der Waals surface area contributed by atoms with Gasteiger partial charge in [-0.2, -0.15) is 0 Å². The van der Waals surface area contributed by atoms with Crippen molar-refractivity contribution < 1.29 is 4.39 Å². The van der Waals surface area contributed by atoms with Gasteiger partial charge in [0.2, 0.25) is 0 Å². The van der Waals surface area contributed by atoms with E-state index in [0.717, 1.165) is 11.1 Å². The molecule has 4 heteroatoms. The van der Waals surface area contributed by atoms with E-state index >= 15 is 0 Å². The molecule has 0 aliphatic rings. The zero-order valence-corrected chi connectivity index (χ0v) is 12.0. The van der Waals surface area contributed by atoms with E-state index in [1.807, 2.05) is 42.3 Å². The Morgan fingerprint density at radius 1 is 1.11 bits per heavy atom. The normalized spacial score (nSPS) is 10.5. The Labute approximate surface area is 122 Å². The number of anilines is 1. The number of benzene rings is 2. The van der Waals surface area contributed by atoms with Gasteiger partial charge in [-0.25, -0.2) is 4.39 Å². The molecule has 0 radical (unpaired) electrons. The van der Waals surface area contributed by atoms with Gasteiger partial charge in [0, 0.05) is 24.5 Å². The van der Waals surface area contributed by atoms with Gasteiger partial charge in [0.25, 0.3) is 0 Å². The summed E-state index contributed by atoms with van der Waals surface area (Å²) in [6.45, 7) is 0.599. The van der Waals surface area contributed by atoms with Crippen LogP contribution in [-0.4, -0.2) is 7.05 Å². The van der Waals surface area contributed by atoms with Crippen LogP contribution in [0.2, 0.25) is 5.02 Å². The SMILES string of the molecule is CN(Cc1ccc(Cl)cc1)c1c(F)cccc1CCl. The first kappa shape index (κ1) is 14.2. The molecule has 0 saturated heterocycles. The van der Waals surface area contributed by atoms with E-state index in [9.17, 15) is 4.39 Å². The Morgan fingerprint density at radius 3 is 2.42 bits per heavy atom. The second kappa shape index (κ2) is 6.27. The lowest BCUT2D eigenvalue weighted by Gasteiger charge is -2.22. The summed E-state index contributed by atoms with van der Waals surface area (Å²) in [5.74, 6) is 0.0347. The monoisotopic (exact) mass is 297 g/mol. The van der Waals surface area contributed by atoms with Gasteiger partial charge in [-0.15, -0.1) is 11.6 Å². The molecular formula is C15H14Cl2FN. The maximum absolute atomic E-state index is 13.9. The molecule has 0 aliphatic carbocycles. The average molecular weight is 298 g/mol. The second-order valence-electron chi connectivity index (χ2n) is 4.36. The van der Waals surface area contributed by atoms with E-state index in [4.69, 9.17) is 23.2 Å². The summed E-state index contributed by atoms with van der Waals surface area (Å²) < 4.78 is 13.9. The number of rotatable bonds is 4. The van der Waals surface area contributed by atoms with E-state index in [2.05, 4.69) is 0 Å². The van der Waals surface area contributed by atoms with Crippen LogP contribution >= 0.6 is 23.2 Å². The third-order valence-electron chi connectivity index (χ3n) is 2.93. The molecule has 0 saturated carbocycles. The Morgan fingerprint density at radius 2 is 1.79 bits per heavy atom. The van der Waals surface area contributed by atoms with Gasteiger partial charge in [-0.3, -0.25) is 0 Å². The zero-order chi connectivity index (χ0) is 13.8. The maximum atomic E-state index is 13.9. The minimum Gasteiger partial charge on any atom is -0.368 e. The first-order valence-electron chi connectivity index (χ1n) is 5.90. The number of para-hydroxylation sites is 1. The van der Waals surface area contributed by atoms with Crippen LogP contribution in [-0.2, 0) is 12.4 Å². The van der Waals surface area contributed by atoms with Crippen molar-refractivity contribution >= 4 is 28.9 Å². The molecule has 0 atom stereocenters. The minimum atomic E-state index is -0.255. The third-order valence-corrected chi connectivity index (χ3v) is 3.47. The molecule has 0 heterocycles. The van der Waals surface area contributed by atoms with Crippen molar-refractivity contribution in [3.63, 3.8) is 0 Å². The Bertz CT molecular complexity index is 555. The van der Waals surface area contributed by atoms with Crippen LogP contribution in [0.5, 0.6) is 0 Å². The molecule has 2 aromatic rings. The van der Waals surface area contributed by atoms with E-state index in [0.29, 0.717) is 17.3 Å². The first-order valence-corrected chi connectivity index (χ1v) is 6.82. The van der Waals surface area contributed by atoms with Gasteiger partial charge >= 0.3 is 0 Å². The van der Waals surface area contributed by atoms with Gasteiger partial charge in [0.05, 0.1) is 5.69 Å². The molecule has 0 unspecified atom stereocenters. The van der Waals surface area contributed by atoms with E-state index < -0.39 is 0 Å². The zero-order valence-electron chi connectivity index (χ0n) is 10.5. The summed E-state index contributed by atoms with van der Waals surface area (Å²) >= 11 is 11.7. The lowest BCUT2D eigenvalue weighted by Crippen LogP contribution is -2.19. The fraction of sp³-hybridized carbons (Fsp3) is 0.200. The van der Waals surface area contributed by atoms with Crippen molar-refractivity contribution in [2.45, 2.75) is 12.4 Å². The van der Waals surface area contributed by atoms with Crippen molar-refractivity contribution in [3.8, 4) is 0 Å². The van der Waals surface area contributed by atoms with Gasteiger partial charge < -0.3 is 4.90 Å². The summed E-state index contributed by atoms with van der Waals surface area (Å²) in [6, 6.07) is 12.5. The smallest absolute Gasteiger partial charge is 0.146 e. The average Bonchev–Trinajstić information content (AvgIpc) is 2.40. The number of hydrogen-bond acceptors (Lipinski definition) is 1. The lowest BCUT2D eigenvalue weighted by atomic mass is 10.1. The van der Waals surface area contributed by atoms with Crippen molar-refractivity contribution in [1.82, 2.24) is 0 Å². The number of alkyl halides is 1. The van der Waals surface area contributed by atoms with Crippen LogP contribution in [0.4, 0.5) is 10.1 Å². The number of halogens is 3. The molecule has 2 rings (SSSR count). The number of hydrogen-bond donors (Lipinski definition) is 0. The Balaban J connectivity index is 2.24. The largest absolute Gasteiger partial charge is 0.368 e. The van der Waals surface area contributed by atoms with E-state index in [1.54, 1.807) is 6.07 Å². The van der Waals surface area contributed by atoms with Crippen molar-refractivity contribution in [2.75, 3.05) is 11.9 Å². The molecular weight excluding hydrogens is 284 g/mol. The minimum absolute atomic E-state index is 0.255. The fourth-order valence-corrected chi connectivity index (χ4v) is 2.38. The fourth-order valence-electron chi connectivity index (χ4n) is 2.04. The standard InChI is InChI=1S/C15H14Cl2FN/c1-19(10-11-5-7-13(17)8-6-11)15-12(9-16)3-2-4-14(15)18/h2-8H,9-10H2,1H3. The molecule has 2 aromatic carbocycles. The molecule has 0 aliphatic heterocycles. The molecule has 0 fully saturated rings. The highest BCUT2D eigenvalue weighted by Gasteiger charge is 2.12. The highest BCUT2D eigenvalue weighted by Crippen LogP contribution is 2.26. The molecule has 0 aromatic heterocycles. The first-order chi connectivity index (χ1) is 9.11. The summed E-state index contributed by atoms with van der Waals surface area (Å²) in [6.07, 6.45) is 0. The van der Waals surface area contributed by atoms with Crippen LogP contribution in [0.15, 0.2) is 42.5 Å². The summed E-state index contributed by atoms with van der Waals surface area (Å²) in [4.78, 5) is 1.86. The van der Waals surface area contributed by atoms with Crippen LogP contribution in [0.25, 0.3) is 0 Å². The summed E-state index contributed by atoms with van der Waals surface area (Å²) in [5.41, 5.74) is 2.40. The van der Waals surface area contributed by atoms with Crippen molar-refractivity contribution in [1.29, 1.82) is 0 Å². The van der Waals surface area contributed by atoms with Crippen molar-refractivity contribution in [2.24, 2.45) is 0 Å². The van der Waals surface area contributed by atoms with Crippen LogP contribution in [0.1, 0.15) is 11.1 Å². The highest BCUT2D eigenvalue weighted by molar-refractivity contribution is 6.30. The molecule has 100 valence electrons. The highest BCUT2D eigenvalue weighted by atomic mass is 35.5.